The van der Waals surface area contributed by atoms with Crippen LogP contribution in [0, 0.1) is 0 Å². The van der Waals surface area contributed by atoms with Crippen LogP contribution in [0.5, 0.6) is 0 Å². The first-order valence-corrected chi connectivity index (χ1v) is 5.77. The molecule has 0 aromatic heterocycles. The molecule has 0 spiro atoms. The monoisotopic (exact) mass is 208 g/mol. The van der Waals surface area contributed by atoms with Gasteiger partial charge in [-0.05, 0) is 67.2 Å². The van der Waals surface area contributed by atoms with E-state index in [2.05, 4.69) is 73.6 Å². The molecule has 0 saturated carbocycles. The van der Waals surface area contributed by atoms with Gasteiger partial charge in [0.25, 0.3) is 0 Å². The van der Waals surface area contributed by atoms with Crippen LogP contribution in [0.2, 0.25) is 0 Å². The molecule has 0 radical (unpaired) electrons. The Bertz CT molecular complexity index is 119. The molecular weight excluding hydrogens is 184 g/mol. The van der Waals surface area contributed by atoms with Crippen LogP contribution in [0.1, 0.15) is 0 Å². The van der Waals surface area contributed by atoms with Crippen LogP contribution in [-0.4, -0.2) is 73.6 Å². The van der Waals surface area contributed by atoms with Crippen LogP contribution < -0.4 is 0 Å². The van der Waals surface area contributed by atoms with Gasteiger partial charge in [-0.25, -0.2) is 17.2 Å². The Morgan fingerprint density at radius 3 is 0.615 bits per heavy atom. The second-order valence-electron chi connectivity index (χ2n) is 3.74. The highest BCUT2D eigenvalue weighted by Gasteiger charge is 2.34. The maximum atomic E-state index is 2.27. The van der Waals surface area contributed by atoms with E-state index in [4.69, 9.17) is 0 Å². The molecule has 13 heavy (non-hydrogen) atoms. The summed E-state index contributed by atoms with van der Waals surface area (Å²) in [6.07, 6.45) is 0. The SMILES string of the molecule is CN(C)S(N(C)C)(N(C)C)N(C)C. The maximum Gasteiger partial charge on any atom is -0.000956 e. The average Bonchev–Trinajstić information content (AvgIpc) is 1.82. The van der Waals surface area contributed by atoms with Gasteiger partial charge < -0.3 is 0 Å². The summed E-state index contributed by atoms with van der Waals surface area (Å²) >= 11 is 0. The summed E-state index contributed by atoms with van der Waals surface area (Å²) in [6, 6.07) is 0. The normalized spacial score (nSPS) is 15.1. The van der Waals surface area contributed by atoms with Crippen molar-refractivity contribution in [3.63, 3.8) is 0 Å². The first-order chi connectivity index (χ1) is 5.77. The summed E-state index contributed by atoms with van der Waals surface area (Å²) in [5.41, 5.74) is 0. The van der Waals surface area contributed by atoms with E-state index in [0.29, 0.717) is 0 Å². The second kappa shape index (κ2) is 4.61. The first kappa shape index (κ1) is 13.2. The van der Waals surface area contributed by atoms with E-state index in [0.717, 1.165) is 0 Å². The Kier molecular flexibility index (Phi) is 4.68. The van der Waals surface area contributed by atoms with Crippen LogP contribution in [0.15, 0.2) is 0 Å². The van der Waals surface area contributed by atoms with Crippen molar-refractivity contribution in [3.8, 4) is 0 Å². The fourth-order valence-electron chi connectivity index (χ4n) is 1.96. The summed E-state index contributed by atoms with van der Waals surface area (Å²) in [5.74, 6) is 0. The Labute approximate surface area is 84.9 Å². The van der Waals surface area contributed by atoms with Crippen molar-refractivity contribution < 1.29 is 0 Å². The molecule has 0 bridgehead atoms. The fourth-order valence-corrected chi connectivity index (χ4v) is 5.88. The predicted octanol–water partition coefficient (Wildman–Crippen LogP) is 0.697. The minimum Gasteiger partial charge on any atom is -0.239 e. The van der Waals surface area contributed by atoms with Crippen molar-refractivity contribution in [2.24, 2.45) is 0 Å². The Morgan fingerprint density at radius 1 is 0.462 bits per heavy atom. The molecule has 5 heteroatoms. The van der Waals surface area contributed by atoms with E-state index in [9.17, 15) is 0 Å². The molecule has 0 atom stereocenters. The zero-order valence-corrected chi connectivity index (χ0v) is 11.0. The van der Waals surface area contributed by atoms with Crippen LogP contribution in [0.3, 0.4) is 0 Å². The Morgan fingerprint density at radius 2 is 0.615 bits per heavy atom. The third kappa shape index (κ3) is 2.16. The molecule has 0 rings (SSSR count). The van der Waals surface area contributed by atoms with Gasteiger partial charge >= 0.3 is 0 Å². The number of hydrogen-bond donors (Lipinski definition) is 0. The highest BCUT2D eigenvalue weighted by molar-refractivity contribution is 8.25. The summed E-state index contributed by atoms with van der Waals surface area (Å²) in [7, 11) is 15.8. The lowest BCUT2D eigenvalue weighted by Crippen LogP contribution is -2.48. The van der Waals surface area contributed by atoms with Crippen molar-refractivity contribution in [1.82, 2.24) is 17.2 Å². The molecule has 0 saturated heterocycles. The van der Waals surface area contributed by atoms with E-state index in [1.807, 2.05) is 0 Å². The molecule has 0 N–H and O–H groups in total. The third-order valence-electron chi connectivity index (χ3n) is 1.96. The van der Waals surface area contributed by atoms with E-state index in [1.165, 1.54) is 0 Å². The van der Waals surface area contributed by atoms with E-state index < -0.39 is 10.8 Å². The predicted molar refractivity (Wildman–Crippen MR) is 62.3 cm³/mol. The molecule has 4 nitrogen and oxygen atoms in total. The van der Waals surface area contributed by atoms with E-state index in [1.54, 1.807) is 0 Å². The lowest BCUT2D eigenvalue weighted by atomic mass is 11.2. The molecule has 0 amide bonds. The van der Waals surface area contributed by atoms with E-state index >= 15 is 0 Å². The van der Waals surface area contributed by atoms with Crippen molar-refractivity contribution in [2.45, 2.75) is 0 Å². The van der Waals surface area contributed by atoms with Gasteiger partial charge in [-0.15, -0.1) is 0 Å². The molecule has 0 aromatic carbocycles. The van der Waals surface area contributed by atoms with Gasteiger partial charge in [0, 0.05) is 0 Å². The molecule has 82 valence electrons. The molecule has 0 aromatic rings. The van der Waals surface area contributed by atoms with Crippen LogP contribution in [0.25, 0.3) is 0 Å². The Hall–Kier alpha value is 0.190. The average molecular weight is 208 g/mol. The molecule has 0 unspecified atom stereocenters. The molecule has 0 aliphatic rings. The second-order valence-corrected chi connectivity index (χ2v) is 7.64. The zero-order chi connectivity index (χ0) is 10.8. The highest BCUT2D eigenvalue weighted by Crippen LogP contribution is 2.54. The molecule has 0 heterocycles. The van der Waals surface area contributed by atoms with Crippen LogP contribution in [-0.2, 0) is 0 Å². The summed E-state index contributed by atoms with van der Waals surface area (Å²) in [4.78, 5) is 0. The number of hydrogen-bond acceptors (Lipinski definition) is 4. The number of nitrogens with zero attached hydrogens (tertiary/aromatic N) is 4. The summed E-state index contributed by atoms with van der Waals surface area (Å²) in [6.45, 7) is 0. The van der Waals surface area contributed by atoms with Gasteiger partial charge in [0.15, 0.2) is 0 Å². The van der Waals surface area contributed by atoms with Crippen LogP contribution in [0.4, 0.5) is 0 Å². The van der Waals surface area contributed by atoms with Crippen molar-refractivity contribution in [1.29, 1.82) is 0 Å². The Balaban J connectivity index is 5.06. The van der Waals surface area contributed by atoms with E-state index in [-0.39, 0.29) is 0 Å². The third-order valence-corrected chi connectivity index (χ3v) is 5.88. The van der Waals surface area contributed by atoms with Crippen molar-refractivity contribution in [3.05, 3.63) is 0 Å². The number of rotatable bonds is 4. The van der Waals surface area contributed by atoms with Gasteiger partial charge in [-0.3, -0.25) is 0 Å². The topological polar surface area (TPSA) is 13.0 Å². The van der Waals surface area contributed by atoms with Gasteiger partial charge in [0.1, 0.15) is 0 Å². The van der Waals surface area contributed by atoms with Crippen LogP contribution >= 0.6 is 10.8 Å². The largest absolute Gasteiger partial charge is 0.239 e. The molecule has 0 fully saturated rings. The quantitative estimate of drug-likeness (QED) is 0.674. The van der Waals surface area contributed by atoms with Gasteiger partial charge in [0.2, 0.25) is 0 Å². The smallest absolute Gasteiger partial charge is 0.000956 e. The molecular formula is C8H24N4S. The van der Waals surface area contributed by atoms with Gasteiger partial charge in [-0.2, -0.15) is 0 Å². The highest BCUT2D eigenvalue weighted by atomic mass is 32.3. The maximum absolute atomic E-state index is 2.27. The molecule has 0 aliphatic carbocycles. The minimum absolute atomic E-state index is 1.13. The lowest BCUT2D eigenvalue weighted by molar-refractivity contribution is 0.424. The minimum atomic E-state index is -1.13. The first-order valence-electron chi connectivity index (χ1n) is 4.31. The molecule has 0 aliphatic heterocycles. The summed E-state index contributed by atoms with van der Waals surface area (Å²) < 4.78 is 9.08. The van der Waals surface area contributed by atoms with Crippen molar-refractivity contribution in [2.75, 3.05) is 56.4 Å². The van der Waals surface area contributed by atoms with Gasteiger partial charge in [0.05, 0.1) is 0 Å². The zero-order valence-electron chi connectivity index (χ0n) is 10.2. The fraction of sp³-hybridized carbons (Fsp3) is 1.00. The van der Waals surface area contributed by atoms with Crippen molar-refractivity contribution >= 4 is 10.8 Å². The summed E-state index contributed by atoms with van der Waals surface area (Å²) in [5, 5.41) is 0. The van der Waals surface area contributed by atoms with Gasteiger partial charge in [-0.1, -0.05) is 0 Å². The standard InChI is InChI=1S/C8H24N4S/c1-9(2)13(10(3)4,11(5)6)12(7)8/h1-8H3. The lowest BCUT2D eigenvalue weighted by Gasteiger charge is -2.57.